The van der Waals surface area contributed by atoms with Crippen LogP contribution in [0.2, 0.25) is 0 Å². The zero-order chi connectivity index (χ0) is 14.7. The first-order valence-corrected chi connectivity index (χ1v) is 8.69. The molecule has 2 aliphatic carbocycles. The van der Waals surface area contributed by atoms with Crippen LogP contribution in [0.5, 0.6) is 0 Å². The molecule has 0 aromatic heterocycles. The molecule has 0 amide bonds. The van der Waals surface area contributed by atoms with Gasteiger partial charge in [-0.15, -0.1) is 11.8 Å². The summed E-state index contributed by atoms with van der Waals surface area (Å²) in [4.78, 5) is 12.3. The molecule has 0 heterocycles. The normalized spacial score (nSPS) is 27.2. The van der Waals surface area contributed by atoms with Gasteiger partial charge in [0, 0.05) is 22.2 Å². The topological polar surface area (TPSA) is 49.3 Å². The molecule has 2 fully saturated rings. The first kappa shape index (κ1) is 14.9. The molecule has 21 heavy (non-hydrogen) atoms. The Morgan fingerprint density at radius 1 is 1.19 bits per heavy atom. The van der Waals surface area contributed by atoms with E-state index in [9.17, 15) is 4.79 Å². The van der Waals surface area contributed by atoms with Gasteiger partial charge in [-0.1, -0.05) is 18.2 Å². The van der Waals surface area contributed by atoms with E-state index >= 15 is 0 Å². The molecule has 114 valence electrons. The molecular formula is C17H23NO2S. The van der Waals surface area contributed by atoms with Gasteiger partial charge in [-0.3, -0.25) is 4.79 Å². The maximum atomic E-state index is 11.0. The van der Waals surface area contributed by atoms with E-state index in [1.165, 1.54) is 17.7 Å². The molecular weight excluding hydrogens is 282 g/mol. The quantitative estimate of drug-likeness (QED) is 0.844. The van der Waals surface area contributed by atoms with Crippen LogP contribution in [-0.2, 0) is 4.79 Å². The fraction of sp³-hybridized carbons (Fsp3) is 0.588. The van der Waals surface area contributed by atoms with Crippen molar-refractivity contribution >= 4 is 17.7 Å². The highest BCUT2D eigenvalue weighted by Gasteiger charge is 2.43. The van der Waals surface area contributed by atoms with Crippen molar-refractivity contribution in [2.75, 3.05) is 6.54 Å². The number of rotatable bonds is 6. The number of carbonyl (C=O) groups is 1. The monoisotopic (exact) mass is 305 g/mol. The van der Waals surface area contributed by atoms with Gasteiger partial charge in [0.1, 0.15) is 0 Å². The predicted octanol–water partition coefficient (Wildman–Crippen LogP) is 3.54. The number of hydrogen-bond acceptors (Lipinski definition) is 3. The average Bonchev–Trinajstić information content (AvgIpc) is 3.27. The fourth-order valence-corrected chi connectivity index (χ4v) is 4.32. The molecule has 2 aliphatic rings. The van der Waals surface area contributed by atoms with Crippen LogP contribution in [0.15, 0.2) is 35.2 Å². The zero-order valence-electron chi connectivity index (χ0n) is 12.3. The molecule has 0 bridgehead atoms. The minimum absolute atomic E-state index is 0.114. The van der Waals surface area contributed by atoms with Crippen molar-refractivity contribution in [1.29, 1.82) is 0 Å². The third-order valence-electron chi connectivity index (χ3n) is 4.67. The van der Waals surface area contributed by atoms with Gasteiger partial charge >= 0.3 is 5.97 Å². The molecule has 2 saturated carbocycles. The highest BCUT2D eigenvalue weighted by molar-refractivity contribution is 8.01. The van der Waals surface area contributed by atoms with Gasteiger partial charge in [0.2, 0.25) is 0 Å². The second kappa shape index (κ2) is 6.41. The van der Waals surface area contributed by atoms with Crippen molar-refractivity contribution in [3.8, 4) is 0 Å². The number of nitrogens with one attached hydrogen (secondary N) is 1. The van der Waals surface area contributed by atoms with Crippen LogP contribution in [-0.4, -0.2) is 28.4 Å². The van der Waals surface area contributed by atoms with E-state index in [0.29, 0.717) is 10.8 Å². The lowest BCUT2D eigenvalue weighted by Crippen LogP contribution is -2.39. The summed E-state index contributed by atoms with van der Waals surface area (Å²) < 4.78 is 0.380. The predicted molar refractivity (Wildman–Crippen MR) is 85.6 cm³/mol. The molecule has 4 heteroatoms. The Morgan fingerprint density at radius 3 is 2.43 bits per heavy atom. The number of thioether (sulfide) groups is 1. The van der Waals surface area contributed by atoms with E-state index in [1.807, 2.05) is 11.8 Å². The number of carboxylic acids is 1. The second-order valence-corrected chi connectivity index (χ2v) is 7.91. The fourth-order valence-electron chi connectivity index (χ4n) is 3.07. The van der Waals surface area contributed by atoms with Gasteiger partial charge in [-0.05, 0) is 50.7 Å². The smallest absolute Gasteiger partial charge is 0.306 e. The summed E-state index contributed by atoms with van der Waals surface area (Å²) in [6, 6.07) is 11.1. The van der Waals surface area contributed by atoms with E-state index in [-0.39, 0.29) is 5.92 Å². The lowest BCUT2D eigenvalue weighted by molar-refractivity contribution is -0.142. The Morgan fingerprint density at radius 2 is 1.86 bits per heavy atom. The molecule has 1 aromatic carbocycles. The molecule has 0 atom stereocenters. The third-order valence-corrected chi connectivity index (χ3v) is 6.17. The van der Waals surface area contributed by atoms with Crippen LogP contribution < -0.4 is 5.32 Å². The molecule has 0 spiro atoms. The minimum atomic E-state index is -0.619. The van der Waals surface area contributed by atoms with E-state index in [2.05, 4.69) is 35.6 Å². The second-order valence-electron chi connectivity index (χ2n) is 6.37. The zero-order valence-corrected chi connectivity index (χ0v) is 13.1. The molecule has 0 radical (unpaired) electrons. The maximum Gasteiger partial charge on any atom is 0.306 e. The summed E-state index contributed by atoms with van der Waals surface area (Å²) >= 11 is 1.99. The highest BCUT2D eigenvalue weighted by Crippen LogP contribution is 2.51. The van der Waals surface area contributed by atoms with E-state index in [1.54, 1.807) is 0 Å². The Kier molecular flexibility index (Phi) is 4.55. The number of aliphatic carboxylic acids is 1. The van der Waals surface area contributed by atoms with Crippen molar-refractivity contribution in [3.05, 3.63) is 30.3 Å². The molecule has 3 nitrogen and oxygen atoms in total. The summed E-state index contributed by atoms with van der Waals surface area (Å²) in [5.41, 5.74) is 0. The molecule has 0 aliphatic heterocycles. The minimum Gasteiger partial charge on any atom is -0.481 e. The summed E-state index contributed by atoms with van der Waals surface area (Å²) in [5.74, 6) is -0.733. The summed E-state index contributed by atoms with van der Waals surface area (Å²) in [5, 5.41) is 12.7. The number of carboxylic acid groups (broad SMARTS) is 1. The number of hydrogen-bond donors (Lipinski definition) is 2. The summed E-state index contributed by atoms with van der Waals surface area (Å²) in [6.07, 6.45) is 6.22. The molecule has 0 saturated heterocycles. The highest BCUT2D eigenvalue weighted by atomic mass is 32.2. The van der Waals surface area contributed by atoms with Crippen molar-refractivity contribution < 1.29 is 9.90 Å². The first-order valence-electron chi connectivity index (χ1n) is 7.87. The van der Waals surface area contributed by atoms with Crippen molar-refractivity contribution in [2.24, 2.45) is 5.92 Å². The van der Waals surface area contributed by atoms with Crippen molar-refractivity contribution in [3.63, 3.8) is 0 Å². The molecule has 1 aromatic rings. The van der Waals surface area contributed by atoms with Crippen LogP contribution in [0.25, 0.3) is 0 Å². The van der Waals surface area contributed by atoms with Crippen LogP contribution in [0.3, 0.4) is 0 Å². The lowest BCUT2D eigenvalue weighted by atomic mass is 9.86. The van der Waals surface area contributed by atoms with E-state index < -0.39 is 5.97 Å². The molecule has 3 rings (SSSR count). The SMILES string of the molecule is O=C(O)C1CCC(NCC2(Sc3ccccc3)CC2)CC1. The summed E-state index contributed by atoms with van der Waals surface area (Å²) in [7, 11) is 0. The Labute approximate surface area is 130 Å². The van der Waals surface area contributed by atoms with Gasteiger partial charge in [0.05, 0.1) is 5.92 Å². The number of benzene rings is 1. The van der Waals surface area contributed by atoms with Crippen molar-refractivity contribution in [1.82, 2.24) is 5.32 Å². The Balaban J connectivity index is 1.44. The standard InChI is InChI=1S/C17H23NO2S/c19-16(20)13-6-8-14(9-7-13)18-12-17(10-11-17)21-15-4-2-1-3-5-15/h1-5,13-14,18H,6-12H2,(H,19,20). The van der Waals surface area contributed by atoms with E-state index in [4.69, 9.17) is 5.11 Å². The van der Waals surface area contributed by atoms with E-state index in [0.717, 1.165) is 32.2 Å². The molecule has 0 unspecified atom stereocenters. The average molecular weight is 305 g/mol. The van der Waals surface area contributed by atoms with Crippen LogP contribution in [0.4, 0.5) is 0 Å². The maximum absolute atomic E-state index is 11.0. The van der Waals surface area contributed by atoms with Crippen LogP contribution >= 0.6 is 11.8 Å². The largest absolute Gasteiger partial charge is 0.481 e. The van der Waals surface area contributed by atoms with Crippen LogP contribution in [0, 0.1) is 5.92 Å². The van der Waals surface area contributed by atoms with Crippen LogP contribution in [0.1, 0.15) is 38.5 Å². The van der Waals surface area contributed by atoms with Gasteiger partial charge in [-0.25, -0.2) is 0 Å². The van der Waals surface area contributed by atoms with Gasteiger partial charge < -0.3 is 10.4 Å². The lowest BCUT2D eigenvalue weighted by Gasteiger charge is -2.28. The third kappa shape index (κ3) is 4.01. The Hall–Kier alpha value is -1.00. The van der Waals surface area contributed by atoms with Gasteiger partial charge in [0.15, 0.2) is 0 Å². The van der Waals surface area contributed by atoms with Crippen molar-refractivity contribution in [2.45, 2.75) is 54.2 Å². The summed E-state index contributed by atoms with van der Waals surface area (Å²) in [6.45, 7) is 1.05. The first-order chi connectivity index (χ1) is 10.2. The van der Waals surface area contributed by atoms with Gasteiger partial charge in [0.25, 0.3) is 0 Å². The molecule has 2 N–H and O–H groups in total. The Bertz CT molecular complexity index is 479. The van der Waals surface area contributed by atoms with Gasteiger partial charge in [-0.2, -0.15) is 0 Å².